The number of nitrogens with zero attached hydrogens (tertiary/aromatic N) is 3. The summed E-state index contributed by atoms with van der Waals surface area (Å²) in [5.74, 6) is 2.07. The molecule has 0 aliphatic rings. The molecule has 0 aromatic carbocycles. The third-order valence-corrected chi connectivity index (χ3v) is 3.36. The molecule has 0 fully saturated rings. The molecule has 0 atom stereocenters. The van der Waals surface area contributed by atoms with Gasteiger partial charge in [0.05, 0.1) is 23.8 Å². The van der Waals surface area contributed by atoms with Gasteiger partial charge in [0.2, 0.25) is 0 Å². The number of furan rings is 1. The molecule has 2 aromatic rings. The molecule has 108 valence electrons. The van der Waals surface area contributed by atoms with E-state index in [4.69, 9.17) is 10.2 Å². The van der Waals surface area contributed by atoms with Crippen LogP contribution in [-0.2, 0) is 13.1 Å². The molecule has 5 heteroatoms. The highest BCUT2D eigenvalue weighted by Gasteiger charge is 2.13. The van der Waals surface area contributed by atoms with Crippen LogP contribution in [0.1, 0.15) is 42.6 Å². The zero-order valence-corrected chi connectivity index (χ0v) is 12.6. The van der Waals surface area contributed by atoms with Gasteiger partial charge >= 0.3 is 0 Å². The monoisotopic (exact) mass is 274 g/mol. The molecule has 20 heavy (non-hydrogen) atoms. The Labute approximate surface area is 119 Å². The van der Waals surface area contributed by atoms with Crippen LogP contribution in [0.15, 0.2) is 22.9 Å². The van der Waals surface area contributed by atoms with Crippen molar-refractivity contribution in [3.63, 3.8) is 0 Å². The fourth-order valence-electron chi connectivity index (χ4n) is 2.09. The SMILES string of the molecule is Cc1occc1CN(C)c1cnc(C(C)C)nc1CN. The Morgan fingerprint density at radius 2 is 2.15 bits per heavy atom. The second kappa shape index (κ2) is 6.05. The predicted octanol–water partition coefficient (Wildman–Crippen LogP) is 2.60. The number of anilines is 1. The largest absolute Gasteiger partial charge is 0.469 e. The van der Waals surface area contributed by atoms with E-state index < -0.39 is 0 Å². The highest BCUT2D eigenvalue weighted by Crippen LogP contribution is 2.22. The van der Waals surface area contributed by atoms with E-state index in [2.05, 4.69) is 28.7 Å². The molecular weight excluding hydrogens is 252 g/mol. The van der Waals surface area contributed by atoms with Crippen molar-refractivity contribution in [2.24, 2.45) is 5.73 Å². The van der Waals surface area contributed by atoms with Crippen LogP contribution in [0.4, 0.5) is 5.69 Å². The Morgan fingerprint density at radius 3 is 2.70 bits per heavy atom. The highest BCUT2D eigenvalue weighted by atomic mass is 16.3. The van der Waals surface area contributed by atoms with Gasteiger partial charge in [0.1, 0.15) is 11.6 Å². The minimum atomic E-state index is 0.302. The fourth-order valence-corrected chi connectivity index (χ4v) is 2.09. The maximum atomic E-state index is 5.83. The van der Waals surface area contributed by atoms with Crippen molar-refractivity contribution in [1.29, 1.82) is 0 Å². The van der Waals surface area contributed by atoms with Gasteiger partial charge in [0.25, 0.3) is 0 Å². The van der Waals surface area contributed by atoms with Crippen LogP contribution in [0.25, 0.3) is 0 Å². The average Bonchev–Trinajstić information content (AvgIpc) is 2.83. The summed E-state index contributed by atoms with van der Waals surface area (Å²) in [5.41, 5.74) is 8.83. The van der Waals surface area contributed by atoms with Crippen molar-refractivity contribution in [3.8, 4) is 0 Å². The van der Waals surface area contributed by atoms with Gasteiger partial charge in [-0.25, -0.2) is 9.97 Å². The van der Waals surface area contributed by atoms with E-state index in [1.807, 2.05) is 26.2 Å². The summed E-state index contributed by atoms with van der Waals surface area (Å²) in [6, 6.07) is 1.98. The van der Waals surface area contributed by atoms with Gasteiger partial charge in [-0.2, -0.15) is 0 Å². The lowest BCUT2D eigenvalue weighted by Crippen LogP contribution is -2.21. The van der Waals surface area contributed by atoms with E-state index in [1.54, 1.807) is 6.26 Å². The maximum Gasteiger partial charge on any atom is 0.131 e. The van der Waals surface area contributed by atoms with E-state index in [0.717, 1.165) is 35.1 Å². The molecule has 0 saturated carbocycles. The standard InChI is InChI=1S/C15H22N4O/c1-10(2)15-17-8-14(13(7-16)18-15)19(4)9-12-5-6-20-11(12)3/h5-6,8,10H,7,9,16H2,1-4H3. The third-order valence-electron chi connectivity index (χ3n) is 3.36. The molecule has 2 aromatic heterocycles. The third kappa shape index (κ3) is 2.99. The molecule has 0 aliphatic carbocycles. The summed E-state index contributed by atoms with van der Waals surface area (Å²) in [6.45, 7) is 7.28. The molecule has 0 amide bonds. The molecule has 0 radical (unpaired) electrons. The van der Waals surface area contributed by atoms with Crippen molar-refractivity contribution < 1.29 is 4.42 Å². The van der Waals surface area contributed by atoms with Gasteiger partial charge in [-0.3, -0.25) is 0 Å². The molecular formula is C15H22N4O. The van der Waals surface area contributed by atoms with Crippen molar-refractivity contribution in [2.45, 2.75) is 39.8 Å². The second-order valence-corrected chi connectivity index (χ2v) is 5.28. The van der Waals surface area contributed by atoms with E-state index in [0.29, 0.717) is 12.5 Å². The van der Waals surface area contributed by atoms with Crippen LogP contribution in [0.5, 0.6) is 0 Å². The van der Waals surface area contributed by atoms with Crippen molar-refractivity contribution in [1.82, 2.24) is 9.97 Å². The van der Waals surface area contributed by atoms with Gasteiger partial charge in [-0.15, -0.1) is 0 Å². The number of rotatable bonds is 5. The lowest BCUT2D eigenvalue weighted by atomic mass is 10.2. The Hall–Kier alpha value is -1.88. The van der Waals surface area contributed by atoms with Crippen LogP contribution in [-0.4, -0.2) is 17.0 Å². The summed E-state index contributed by atoms with van der Waals surface area (Å²) in [4.78, 5) is 11.1. The Morgan fingerprint density at radius 1 is 1.40 bits per heavy atom. The van der Waals surface area contributed by atoms with Crippen LogP contribution >= 0.6 is 0 Å². The lowest BCUT2D eigenvalue weighted by molar-refractivity contribution is 0.529. The van der Waals surface area contributed by atoms with E-state index in [9.17, 15) is 0 Å². The number of aryl methyl sites for hydroxylation is 1. The van der Waals surface area contributed by atoms with Gasteiger partial charge in [0.15, 0.2) is 0 Å². The minimum absolute atomic E-state index is 0.302. The van der Waals surface area contributed by atoms with Crippen molar-refractivity contribution >= 4 is 5.69 Å². The van der Waals surface area contributed by atoms with Crippen LogP contribution in [0.2, 0.25) is 0 Å². The number of hydrogen-bond acceptors (Lipinski definition) is 5. The number of hydrogen-bond donors (Lipinski definition) is 1. The summed E-state index contributed by atoms with van der Waals surface area (Å²) < 4.78 is 5.33. The molecule has 0 bridgehead atoms. The number of aromatic nitrogens is 2. The lowest BCUT2D eigenvalue weighted by Gasteiger charge is -2.21. The quantitative estimate of drug-likeness (QED) is 0.907. The Bertz CT molecular complexity index is 577. The highest BCUT2D eigenvalue weighted by molar-refractivity contribution is 5.49. The topological polar surface area (TPSA) is 68.2 Å². The summed E-state index contributed by atoms with van der Waals surface area (Å²) >= 11 is 0. The zero-order chi connectivity index (χ0) is 14.7. The van der Waals surface area contributed by atoms with E-state index >= 15 is 0 Å². The van der Waals surface area contributed by atoms with Gasteiger partial charge in [0, 0.05) is 31.6 Å². The Balaban J connectivity index is 2.25. The second-order valence-electron chi connectivity index (χ2n) is 5.28. The zero-order valence-electron chi connectivity index (χ0n) is 12.6. The fraction of sp³-hybridized carbons (Fsp3) is 0.467. The van der Waals surface area contributed by atoms with Gasteiger partial charge in [-0.1, -0.05) is 13.8 Å². The Kier molecular flexibility index (Phi) is 4.39. The summed E-state index contributed by atoms with van der Waals surface area (Å²) in [6.07, 6.45) is 3.57. The summed E-state index contributed by atoms with van der Waals surface area (Å²) in [5, 5.41) is 0. The molecule has 0 saturated heterocycles. The van der Waals surface area contributed by atoms with Crippen molar-refractivity contribution in [2.75, 3.05) is 11.9 Å². The smallest absolute Gasteiger partial charge is 0.131 e. The molecule has 0 unspecified atom stereocenters. The van der Waals surface area contributed by atoms with Crippen LogP contribution < -0.4 is 10.6 Å². The first-order chi connectivity index (χ1) is 9.52. The molecule has 2 heterocycles. The molecule has 2 rings (SSSR count). The van der Waals surface area contributed by atoms with Crippen molar-refractivity contribution in [3.05, 3.63) is 41.4 Å². The van der Waals surface area contributed by atoms with Gasteiger partial charge in [-0.05, 0) is 13.0 Å². The summed E-state index contributed by atoms with van der Waals surface area (Å²) in [7, 11) is 2.01. The number of nitrogens with two attached hydrogens (primary N) is 1. The minimum Gasteiger partial charge on any atom is -0.469 e. The van der Waals surface area contributed by atoms with Gasteiger partial charge < -0.3 is 15.1 Å². The first kappa shape index (κ1) is 14.5. The first-order valence-corrected chi connectivity index (χ1v) is 6.83. The normalized spacial score (nSPS) is 11.1. The van der Waals surface area contributed by atoms with E-state index in [-0.39, 0.29) is 0 Å². The molecule has 0 aliphatic heterocycles. The average molecular weight is 274 g/mol. The predicted molar refractivity (Wildman–Crippen MR) is 79.6 cm³/mol. The van der Waals surface area contributed by atoms with E-state index in [1.165, 1.54) is 0 Å². The van der Waals surface area contributed by atoms with Crippen LogP contribution in [0, 0.1) is 6.92 Å². The molecule has 5 nitrogen and oxygen atoms in total. The van der Waals surface area contributed by atoms with Crippen LogP contribution in [0.3, 0.4) is 0 Å². The molecule has 2 N–H and O–H groups in total. The molecule has 0 spiro atoms. The first-order valence-electron chi connectivity index (χ1n) is 6.83. The maximum absolute atomic E-state index is 5.83.